The summed E-state index contributed by atoms with van der Waals surface area (Å²) in [7, 11) is 7.79. The Morgan fingerprint density at radius 3 is 1.42 bits per heavy atom. The number of rotatable bonds is 6. The smallest absolute Gasteiger partial charge is 0.147 e. The molecule has 0 saturated heterocycles. The average molecular weight is 326 g/mol. The predicted octanol–water partition coefficient (Wildman–Crippen LogP) is 3.08. The van der Waals surface area contributed by atoms with E-state index in [1.54, 1.807) is 12.4 Å². The van der Waals surface area contributed by atoms with Gasteiger partial charge in [0, 0.05) is 52.4 Å². The second-order valence-corrected chi connectivity index (χ2v) is 6.53. The molecule has 2 rings (SSSR count). The normalized spacial score (nSPS) is 13.2. The lowest BCUT2D eigenvalue weighted by atomic mass is 9.87. The molecule has 128 valence electrons. The minimum atomic E-state index is -0.197. The largest absolute Gasteiger partial charge is 0.363 e. The van der Waals surface area contributed by atoms with Gasteiger partial charge >= 0.3 is 0 Å². The summed E-state index contributed by atoms with van der Waals surface area (Å²) in [6.07, 6.45) is 3.58. The lowest BCUT2D eigenvalue weighted by molar-refractivity contribution is -0.121. The minimum absolute atomic E-state index is 0.175. The Balaban J connectivity index is 2.14. The quantitative estimate of drug-likeness (QED) is 0.816. The molecular formula is C19H26N4O. The van der Waals surface area contributed by atoms with Crippen LogP contribution in [0.5, 0.6) is 0 Å². The Bertz CT molecular complexity index is 618. The van der Waals surface area contributed by atoms with Crippen LogP contribution >= 0.6 is 0 Å². The van der Waals surface area contributed by atoms with E-state index in [0.717, 1.165) is 22.8 Å². The summed E-state index contributed by atoms with van der Waals surface area (Å²) in [6.45, 7) is 3.87. The first-order valence-corrected chi connectivity index (χ1v) is 8.11. The van der Waals surface area contributed by atoms with E-state index in [-0.39, 0.29) is 17.6 Å². The number of anilines is 2. The van der Waals surface area contributed by atoms with Crippen LogP contribution in [-0.4, -0.2) is 43.9 Å². The second-order valence-electron chi connectivity index (χ2n) is 6.53. The average Bonchev–Trinajstić information content (AvgIpc) is 2.60. The van der Waals surface area contributed by atoms with Crippen LogP contribution in [0, 0.1) is 0 Å². The molecule has 0 saturated carbocycles. The van der Waals surface area contributed by atoms with Crippen molar-refractivity contribution in [2.45, 2.75) is 25.7 Å². The van der Waals surface area contributed by atoms with Gasteiger partial charge in [-0.15, -0.1) is 0 Å². The standard InChI is InChI=1S/C19H26N4O/c1-13(15-7-9-17(20-11-15)22(3)4)19(24)14(2)16-8-10-18(21-12-16)23(5)6/h7-14H,1-6H3. The molecule has 0 amide bonds. The van der Waals surface area contributed by atoms with Crippen molar-refractivity contribution in [2.75, 3.05) is 38.0 Å². The van der Waals surface area contributed by atoms with Crippen LogP contribution in [0.1, 0.15) is 36.8 Å². The zero-order valence-electron chi connectivity index (χ0n) is 15.3. The Kier molecular flexibility index (Phi) is 5.54. The van der Waals surface area contributed by atoms with Crippen molar-refractivity contribution in [3.05, 3.63) is 47.8 Å². The van der Waals surface area contributed by atoms with E-state index in [1.807, 2.05) is 76.1 Å². The zero-order valence-corrected chi connectivity index (χ0v) is 15.3. The Morgan fingerprint density at radius 2 is 1.17 bits per heavy atom. The Hall–Kier alpha value is -2.43. The van der Waals surface area contributed by atoms with Gasteiger partial charge in [0.2, 0.25) is 0 Å². The van der Waals surface area contributed by atoms with E-state index in [2.05, 4.69) is 9.97 Å². The van der Waals surface area contributed by atoms with Crippen molar-refractivity contribution in [1.82, 2.24) is 9.97 Å². The number of pyridine rings is 2. The number of hydrogen-bond acceptors (Lipinski definition) is 5. The molecule has 0 N–H and O–H groups in total. The number of Topliss-reactive ketones (excluding diaryl/α,β-unsaturated/α-hetero) is 1. The second kappa shape index (κ2) is 7.43. The highest BCUT2D eigenvalue weighted by atomic mass is 16.1. The van der Waals surface area contributed by atoms with E-state index in [0.29, 0.717) is 0 Å². The fourth-order valence-electron chi connectivity index (χ4n) is 2.54. The van der Waals surface area contributed by atoms with Crippen LogP contribution in [0.4, 0.5) is 11.6 Å². The third-order valence-corrected chi connectivity index (χ3v) is 4.31. The van der Waals surface area contributed by atoms with Crippen molar-refractivity contribution >= 4 is 17.4 Å². The molecular weight excluding hydrogens is 300 g/mol. The maximum absolute atomic E-state index is 12.8. The van der Waals surface area contributed by atoms with Crippen LogP contribution in [0.15, 0.2) is 36.7 Å². The molecule has 5 heteroatoms. The summed E-state index contributed by atoms with van der Waals surface area (Å²) in [5, 5.41) is 0. The molecule has 0 aliphatic heterocycles. The lowest BCUT2D eigenvalue weighted by Gasteiger charge is -2.18. The van der Waals surface area contributed by atoms with E-state index >= 15 is 0 Å². The number of carbonyl (C=O) groups is 1. The predicted molar refractivity (Wildman–Crippen MR) is 99.0 cm³/mol. The molecule has 0 bridgehead atoms. The van der Waals surface area contributed by atoms with Gasteiger partial charge in [0.1, 0.15) is 17.4 Å². The highest BCUT2D eigenvalue weighted by Crippen LogP contribution is 2.26. The fraction of sp³-hybridized carbons (Fsp3) is 0.421. The summed E-state index contributed by atoms with van der Waals surface area (Å²) in [6, 6.07) is 7.84. The maximum Gasteiger partial charge on any atom is 0.147 e. The van der Waals surface area contributed by atoms with Gasteiger partial charge < -0.3 is 9.80 Å². The molecule has 0 radical (unpaired) electrons. The molecule has 2 aromatic heterocycles. The molecule has 2 atom stereocenters. The highest BCUT2D eigenvalue weighted by molar-refractivity contribution is 5.91. The first kappa shape index (κ1) is 17.9. The van der Waals surface area contributed by atoms with Gasteiger partial charge in [0.05, 0.1) is 0 Å². The van der Waals surface area contributed by atoms with Gasteiger partial charge in [-0.05, 0) is 23.3 Å². The monoisotopic (exact) mass is 326 g/mol. The summed E-state index contributed by atoms with van der Waals surface area (Å²) in [5.41, 5.74) is 1.88. The van der Waals surface area contributed by atoms with E-state index in [1.165, 1.54) is 0 Å². The topological polar surface area (TPSA) is 49.3 Å². The molecule has 0 aromatic carbocycles. The number of hydrogen-bond donors (Lipinski definition) is 0. The summed E-state index contributed by atoms with van der Waals surface area (Å²) >= 11 is 0. The van der Waals surface area contributed by atoms with E-state index < -0.39 is 0 Å². The summed E-state index contributed by atoms with van der Waals surface area (Å²) in [5.74, 6) is 1.55. The van der Waals surface area contributed by atoms with Gasteiger partial charge in [-0.3, -0.25) is 4.79 Å². The fourth-order valence-corrected chi connectivity index (χ4v) is 2.54. The summed E-state index contributed by atoms with van der Waals surface area (Å²) < 4.78 is 0. The van der Waals surface area contributed by atoms with Crippen molar-refractivity contribution < 1.29 is 4.79 Å². The Labute approximate surface area is 144 Å². The van der Waals surface area contributed by atoms with Crippen LogP contribution < -0.4 is 9.80 Å². The Morgan fingerprint density at radius 1 is 0.792 bits per heavy atom. The molecule has 2 aromatic rings. The van der Waals surface area contributed by atoms with Crippen LogP contribution in [0.25, 0.3) is 0 Å². The van der Waals surface area contributed by atoms with Crippen LogP contribution in [0.2, 0.25) is 0 Å². The van der Waals surface area contributed by atoms with Gasteiger partial charge in [0.15, 0.2) is 0 Å². The minimum Gasteiger partial charge on any atom is -0.363 e. The maximum atomic E-state index is 12.8. The first-order chi connectivity index (χ1) is 11.3. The van der Waals surface area contributed by atoms with E-state index in [9.17, 15) is 4.79 Å². The third-order valence-electron chi connectivity index (χ3n) is 4.31. The third kappa shape index (κ3) is 3.91. The van der Waals surface area contributed by atoms with Crippen molar-refractivity contribution in [3.63, 3.8) is 0 Å². The number of nitrogens with zero attached hydrogens (tertiary/aromatic N) is 4. The van der Waals surface area contributed by atoms with Gasteiger partial charge in [-0.25, -0.2) is 9.97 Å². The summed E-state index contributed by atoms with van der Waals surface area (Å²) in [4.78, 5) is 25.5. The van der Waals surface area contributed by atoms with E-state index in [4.69, 9.17) is 0 Å². The molecule has 0 fully saturated rings. The van der Waals surface area contributed by atoms with Crippen LogP contribution in [-0.2, 0) is 4.79 Å². The molecule has 2 heterocycles. The van der Waals surface area contributed by atoms with Gasteiger partial charge in [-0.1, -0.05) is 26.0 Å². The zero-order chi connectivity index (χ0) is 17.9. The van der Waals surface area contributed by atoms with Crippen LogP contribution in [0.3, 0.4) is 0 Å². The molecule has 5 nitrogen and oxygen atoms in total. The molecule has 24 heavy (non-hydrogen) atoms. The number of ketones is 1. The molecule has 2 unspecified atom stereocenters. The molecule has 0 aliphatic carbocycles. The molecule has 0 spiro atoms. The van der Waals surface area contributed by atoms with Gasteiger partial charge in [0.25, 0.3) is 0 Å². The van der Waals surface area contributed by atoms with Crippen molar-refractivity contribution in [1.29, 1.82) is 0 Å². The molecule has 0 aliphatic rings. The first-order valence-electron chi connectivity index (χ1n) is 8.11. The highest BCUT2D eigenvalue weighted by Gasteiger charge is 2.23. The van der Waals surface area contributed by atoms with Gasteiger partial charge in [-0.2, -0.15) is 0 Å². The van der Waals surface area contributed by atoms with Crippen molar-refractivity contribution in [2.24, 2.45) is 0 Å². The van der Waals surface area contributed by atoms with Crippen molar-refractivity contribution in [3.8, 4) is 0 Å². The SMILES string of the molecule is CC(C(=O)C(C)c1ccc(N(C)C)nc1)c1ccc(N(C)C)nc1. The number of aromatic nitrogens is 2. The number of carbonyl (C=O) groups excluding carboxylic acids is 1. The lowest BCUT2D eigenvalue weighted by Crippen LogP contribution is -2.18.